The molecule has 0 fully saturated rings. The zero-order valence-electron chi connectivity index (χ0n) is 13.5. The number of aryl methyl sites for hydroxylation is 2. The first-order valence-corrected chi connectivity index (χ1v) is 8.05. The Balaban J connectivity index is 1.91. The van der Waals surface area contributed by atoms with E-state index in [9.17, 15) is 9.59 Å². The Kier molecular flexibility index (Phi) is 4.49. The Morgan fingerprint density at radius 1 is 1.12 bits per heavy atom. The molecule has 0 aliphatic carbocycles. The summed E-state index contributed by atoms with van der Waals surface area (Å²) in [4.78, 5) is 24.6. The summed E-state index contributed by atoms with van der Waals surface area (Å²) in [5.74, 6) is 0.0112. The number of rotatable bonds is 4. The number of Topliss-reactive ketones (excluding diaryl/α,β-unsaturated/α-hetero) is 1. The van der Waals surface area contributed by atoms with Crippen molar-refractivity contribution in [2.45, 2.75) is 19.8 Å². The number of hydrogen-bond donors (Lipinski definition) is 0. The van der Waals surface area contributed by atoms with Gasteiger partial charge in [-0.25, -0.2) is 4.68 Å². The van der Waals surface area contributed by atoms with Crippen molar-refractivity contribution < 1.29 is 4.79 Å². The van der Waals surface area contributed by atoms with Gasteiger partial charge in [-0.15, -0.1) is 0 Å². The normalized spacial score (nSPS) is 11.0. The number of carbonyl (C=O) groups is 1. The fourth-order valence-electron chi connectivity index (χ4n) is 2.76. The summed E-state index contributed by atoms with van der Waals surface area (Å²) >= 11 is 6.20. The third-order valence-electron chi connectivity index (χ3n) is 3.99. The molecule has 4 nitrogen and oxygen atoms in total. The summed E-state index contributed by atoms with van der Waals surface area (Å²) in [7, 11) is 1.60. The standard InChI is InChI=1S/C19H17ClN2O2/c1-12-7-8-13(17(20)9-12)10-14(23)11-18-15-5-3-4-6-16(15)19(24)22(2)21-18/h3-9H,10-11H2,1-2H3. The molecule has 0 unspecified atom stereocenters. The lowest BCUT2D eigenvalue weighted by atomic mass is 10.0. The number of fused-ring (bicyclic) bond motifs is 1. The lowest BCUT2D eigenvalue weighted by molar-refractivity contribution is -0.117. The van der Waals surface area contributed by atoms with Crippen LogP contribution in [0.5, 0.6) is 0 Å². The van der Waals surface area contributed by atoms with Gasteiger partial charge in [0.05, 0.1) is 17.5 Å². The van der Waals surface area contributed by atoms with E-state index in [1.165, 1.54) is 4.68 Å². The molecule has 2 aromatic carbocycles. The van der Waals surface area contributed by atoms with E-state index < -0.39 is 0 Å². The van der Waals surface area contributed by atoms with Gasteiger partial charge in [-0.05, 0) is 30.2 Å². The van der Waals surface area contributed by atoms with Crippen LogP contribution in [0.25, 0.3) is 10.8 Å². The number of ketones is 1. The van der Waals surface area contributed by atoms with Crippen molar-refractivity contribution >= 4 is 28.2 Å². The van der Waals surface area contributed by atoms with Crippen LogP contribution in [-0.2, 0) is 24.7 Å². The predicted molar refractivity (Wildman–Crippen MR) is 95.6 cm³/mol. The molecular formula is C19H17ClN2O2. The number of halogens is 1. The second-order valence-electron chi connectivity index (χ2n) is 5.91. The lowest BCUT2D eigenvalue weighted by Gasteiger charge is -2.08. The van der Waals surface area contributed by atoms with Crippen LogP contribution in [0.4, 0.5) is 0 Å². The summed E-state index contributed by atoms with van der Waals surface area (Å²) in [5.41, 5.74) is 2.31. The fourth-order valence-corrected chi connectivity index (χ4v) is 3.07. The van der Waals surface area contributed by atoms with E-state index in [1.807, 2.05) is 37.3 Å². The lowest BCUT2D eigenvalue weighted by Crippen LogP contribution is -2.22. The van der Waals surface area contributed by atoms with Crippen molar-refractivity contribution in [2.75, 3.05) is 0 Å². The van der Waals surface area contributed by atoms with Crippen molar-refractivity contribution in [3.8, 4) is 0 Å². The quantitative estimate of drug-likeness (QED) is 0.732. The van der Waals surface area contributed by atoms with Crippen LogP contribution >= 0.6 is 11.6 Å². The van der Waals surface area contributed by atoms with E-state index >= 15 is 0 Å². The number of hydrogen-bond acceptors (Lipinski definition) is 3. The molecule has 0 saturated carbocycles. The first kappa shape index (κ1) is 16.4. The van der Waals surface area contributed by atoms with Crippen molar-refractivity contribution in [3.05, 3.63) is 74.7 Å². The van der Waals surface area contributed by atoms with E-state index in [0.717, 1.165) is 16.5 Å². The highest BCUT2D eigenvalue weighted by Gasteiger charge is 2.14. The van der Waals surface area contributed by atoms with Crippen LogP contribution in [0.3, 0.4) is 0 Å². The zero-order chi connectivity index (χ0) is 17.3. The summed E-state index contributed by atoms with van der Waals surface area (Å²) in [5, 5.41) is 6.17. The van der Waals surface area contributed by atoms with Crippen LogP contribution in [0.15, 0.2) is 47.3 Å². The maximum Gasteiger partial charge on any atom is 0.274 e. The second-order valence-corrected chi connectivity index (χ2v) is 6.32. The first-order valence-electron chi connectivity index (χ1n) is 7.67. The number of nitrogens with zero attached hydrogens (tertiary/aromatic N) is 2. The Morgan fingerprint density at radius 2 is 1.83 bits per heavy atom. The smallest absolute Gasteiger partial charge is 0.274 e. The Bertz CT molecular complexity index is 992. The van der Waals surface area contributed by atoms with Gasteiger partial charge in [0.25, 0.3) is 5.56 Å². The van der Waals surface area contributed by atoms with Gasteiger partial charge in [-0.3, -0.25) is 9.59 Å². The largest absolute Gasteiger partial charge is 0.299 e. The average Bonchev–Trinajstić information content (AvgIpc) is 2.55. The highest BCUT2D eigenvalue weighted by atomic mass is 35.5. The first-order chi connectivity index (χ1) is 11.5. The van der Waals surface area contributed by atoms with E-state index in [0.29, 0.717) is 16.1 Å². The highest BCUT2D eigenvalue weighted by Crippen LogP contribution is 2.20. The topological polar surface area (TPSA) is 52.0 Å². The minimum absolute atomic E-state index is 0.0112. The van der Waals surface area contributed by atoms with Gasteiger partial charge in [0.1, 0.15) is 5.78 Å². The van der Waals surface area contributed by atoms with E-state index in [4.69, 9.17) is 11.6 Å². The molecule has 0 aliphatic heterocycles. The molecule has 0 atom stereocenters. The third kappa shape index (κ3) is 3.24. The summed E-state index contributed by atoms with van der Waals surface area (Å²) in [6.07, 6.45) is 0.413. The molecule has 0 bridgehead atoms. The molecule has 0 spiro atoms. The number of benzene rings is 2. The van der Waals surface area contributed by atoms with Crippen molar-refractivity contribution in [1.82, 2.24) is 9.78 Å². The molecular weight excluding hydrogens is 324 g/mol. The van der Waals surface area contributed by atoms with Crippen molar-refractivity contribution in [2.24, 2.45) is 7.05 Å². The summed E-state index contributed by atoms with van der Waals surface area (Å²) in [6, 6.07) is 12.9. The molecule has 0 amide bonds. The maximum absolute atomic E-state index is 12.5. The van der Waals surface area contributed by atoms with Crippen LogP contribution in [0.1, 0.15) is 16.8 Å². The minimum atomic E-state index is -0.164. The molecule has 0 saturated heterocycles. The molecule has 24 heavy (non-hydrogen) atoms. The third-order valence-corrected chi connectivity index (χ3v) is 4.35. The molecule has 0 N–H and O–H groups in total. The molecule has 0 aliphatic rings. The SMILES string of the molecule is Cc1ccc(CC(=O)Cc2nn(C)c(=O)c3ccccc23)c(Cl)c1. The van der Waals surface area contributed by atoms with Crippen LogP contribution in [0, 0.1) is 6.92 Å². The highest BCUT2D eigenvalue weighted by molar-refractivity contribution is 6.31. The van der Waals surface area contributed by atoms with Gasteiger partial charge in [0, 0.05) is 23.9 Å². The van der Waals surface area contributed by atoms with Gasteiger partial charge in [-0.1, -0.05) is 41.9 Å². The number of aromatic nitrogens is 2. The summed E-state index contributed by atoms with van der Waals surface area (Å²) < 4.78 is 1.28. The van der Waals surface area contributed by atoms with Gasteiger partial charge in [-0.2, -0.15) is 5.10 Å². The monoisotopic (exact) mass is 340 g/mol. The molecule has 3 aromatic rings. The average molecular weight is 341 g/mol. The van der Waals surface area contributed by atoms with E-state index in [-0.39, 0.29) is 24.2 Å². The summed E-state index contributed by atoms with van der Waals surface area (Å²) in [6.45, 7) is 1.96. The van der Waals surface area contributed by atoms with Crippen molar-refractivity contribution in [3.63, 3.8) is 0 Å². The Labute approximate surface area is 144 Å². The van der Waals surface area contributed by atoms with Crippen LogP contribution < -0.4 is 5.56 Å². The van der Waals surface area contributed by atoms with Crippen molar-refractivity contribution in [1.29, 1.82) is 0 Å². The van der Waals surface area contributed by atoms with Gasteiger partial charge >= 0.3 is 0 Å². The van der Waals surface area contributed by atoms with E-state index in [1.54, 1.807) is 19.2 Å². The molecule has 5 heteroatoms. The van der Waals surface area contributed by atoms with E-state index in [2.05, 4.69) is 5.10 Å². The molecule has 0 radical (unpaired) electrons. The maximum atomic E-state index is 12.5. The van der Waals surface area contributed by atoms with Gasteiger partial charge < -0.3 is 0 Å². The van der Waals surface area contributed by atoms with Crippen LogP contribution in [-0.4, -0.2) is 15.6 Å². The molecule has 1 aromatic heterocycles. The number of carbonyl (C=O) groups excluding carboxylic acids is 1. The van der Waals surface area contributed by atoms with Crippen LogP contribution in [0.2, 0.25) is 5.02 Å². The second kappa shape index (κ2) is 6.57. The molecule has 1 heterocycles. The zero-order valence-corrected chi connectivity index (χ0v) is 14.3. The molecule has 122 valence electrons. The predicted octanol–water partition coefficient (Wildman–Crippen LogP) is 3.25. The Hall–Kier alpha value is -2.46. The Morgan fingerprint density at radius 3 is 2.54 bits per heavy atom. The van der Waals surface area contributed by atoms with Gasteiger partial charge in [0.2, 0.25) is 0 Å². The molecule has 3 rings (SSSR count). The minimum Gasteiger partial charge on any atom is -0.299 e. The fraction of sp³-hybridized carbons (Fsp3) is 0.211. The van der Waals surface area contributed by atoms with Gasteiger partial charge in [0.15, 0.2) is 0 Å².